The van der Waals surface area contributed by atoms with E-state index in [4.69, 9.17) is 0 Å². The van der Waals surface area contributed by atoms with Gasteiger partial charge in [-0.25, -0.2) is 0 Å². The summed E-state index contributed by atoms with van der Waals surface area (Å²) in [5, 5.41) is 14.9. The normalized spacial score (nSPS) is 10.8. The van der Waals surface area contributed by atoms with E-state index < -0.39 is 0 Å². The lowest BCUT2D eigenvalue weighted by atomic mass is 10.2. The van der Waals surface area contributed by atoms with Crippen molar-refractivity contribution in [3.8, 4) is 0 Å². The second-order valence-corrected chi connectivity index (χ2v) is 5.33. The van der Waals surface area contributed by atoms with Crippen LogP contribution in [0.5, 0.6) is 0 Å². The average molecular weight is 318 g/mol. The van der Waals surface area contributed by atoms with Crippen molar-refractivity contribution >= 4 is 22.6 Å². The molecule has 0 aliphatic carbocycles. The van der Waals surface area contributed by atoms with E-state index in [1.165, 1.54) is 0 Å². The number of nitrogens with one attached hydrogen (secondary N) is 2. The number of para-hydroxylation sites is 1. The van der Waals surface area contributed by atoms with Crippen LogP contribution >= 0.6 is 0 Å². The number of carbonyl (C=O) groups excluding carboxylic acids is 1. The summed E-state index contributed by atoms with van der Waals surface area (Å²) in [4.78, 5) is 16.4. The number of aromatic amines is 1. The highest BCUT2D eigenvalue weighted by atomic mass is 16.2. The van der Waals surface area contributed by atoms with E-state index in [2.05, 4.69) is 25.6 Å². The predicted octanol–water partition coefficient (Wildman–Crippen LogP) is 2.46. The van der Waals surface area contributed by atoms with Crippen LogP contribution in [0.25, 0.3) is 10.9 Å². The Bertz CT molecular complexity index is 988. The largest absolute Gasteiger partial charge is 0.304 e. The number of pyridine rings is 1. The molecular formula is C17H14N6O. The maximum atomic E-state index is 12.4. The number of rotatable bonds is 4. The molecule has 7 heteroatoms. The molecule has 0 saturated heterocycles. The van der Waals surface area contributed by atoms with E-state index in [9.17, 15) is 4.79 Å². The topological polar surface area (TPSA) is 88.5 Å². The van der Waals surface area contributed by atoms with Gasteiger partial charge in [0.2, 0.25) is 0 Å². The van der Waals surface area contributed by atoms with Gasteiger partial charge in [0.05, 0.1) is 12.1 Å². The number of nitrogens with zero attached hydrogens (tertiary/aromatic N) is 4. The summed E-state index contributed by atoms with van der Waals surface area (Å²) in [5.41, 5.74) is 2.27. The van der Waals surface area contributed by atoms with Gasteiger partial charge in [-0.1, -0.05) is 18.2 Å². The molecule has 118 valence electrons. The summed E-state index contributed by atoms with van der Waals surface area (Å²) >= 11 is 0. The highest BCUT2D eigenvalue weighted by Crippen LogP contribution is 2.16. The fraction of sp³-hybridized carbons (Fsp3) is 0.0588. The van der Waals surface area contributed by atoms with E-state index in [0.717, 1.165) is 16.5 Å². The van der Waals surface area contributed by atoms with Gasteiger partial charge in [0.15, 0.2) is 11.5 Å². The smallest absolute Gasteiger partial charge is 0.277 e. The van der Waals surface area contributed by atoms with Crippen LogP contribution in [0.1, 0.15) is 16.1 Å². The second kappa shape index (κ2) is 5.96. The molecule has 24 heavy (non-hydrogen) atoms. The van der Waals surface area contributed by atoms with E-state index >= 15 is 0 Å². The zero-order valence-corrected chi connectivity index (χ0v) is 12.7. The third-order valence-electron chi connectivity index (χ3n) is 3.66. The molecule has 0 aliphatic rings. The molecule has 4 rings (SSSR count). The minimum Gasteiger partial charge on any atom is -0.304 e. The molecule has 4 aromatic rings. The van der Waals surface area contributed by atoms with Gasteiger partial charge in [0.25, 0.3) is 5.91 Å². The zero-order valence-electron chi connectivity index (χ0n) is 12.7. The lowest BCUT2D eigenvalue weighted by molar-refractivity contribution is 0.102. The van der Waals surface area contributed by atoms with Crippen LogP contribution in [0.4, 0.5) is 5.82 Å². The Balaban J connectivity index is 1.50. The molecule has 0 bridgehead atoms. The summed E-state index contributed by atoms with van der Waals surface area (Å²) in [6.07, 6.45) is 5.30. The van der Waals surface area contributed by atoms with Gasteiger partial charge in [0, 0.05) is 30.0 Å². The monoisotopic (exact) mass is 318 g/mol. The zero-order chi connectivity index (χ0) is 16.4. The van der Waals surface area contributed by atoms with Gasteiger partial charge < -0.3 is 5.32 Å². The van der Waals surface area contributed by atoms with E-state index in [1.54, 1.807) is 23.1 Å². The molecule has 7 nitrogen and oxygen atoms in total. The Morgan fingerprint density at radius 1 is 1.12 bits per heavy atom. The molecule has 3 aromatic heterocycles. The van der Waals surface area contributed by atoms with Gasteiger partial charge in [-0.2, -0.15) is 10.2 Å². The van der Waals surface area contributed by atoms with Crippen molar-refractivity contribution in [1.82, 2.24) is 25.0 Å². The average Bonchev–Trinajstić information content (AvgIpc) is 3.22. The first-order valence-electron chi connectivity index (χ1n) is 7.46. The van der Waals surface area contributed by atoms with Crippen LogP contribution in [0.2, 0.25) is 0 Å². The van der Waals surface area contributed by atoms with E-state index in [0.29, 0.717) is 18.1 Å². The summed E-state index contributed by atoms with van der Waals surface area (Å²) in [5.74, 6) is 0.197. The minimum atomic E-state index is -0.290. The highest BCUT2D eigenvalue weighted by Gasteiger charge is 2.14. The standard InChI is InChI=1S/C17H14N6O/c24-17(16-13-3-1-2-4-14(13)20-21-16)19-15-7-10-23(22-15)11-12-5-8-18-9-6-12/h1-10H,11H2,(H,20,21)(H,19,22,24). The molecule has 0 radical (unpaired) electrons. The Morgan fingerprint density at radius 3 is 2.83 bits per heavy atom. The number of fused-ring (bicyclic) bond motifs is 1. The predicted molar refractivity (Wildman–Crippen MR) is 89.6 cm³/mol. The molecular weight excluding hydrogens is 304 g/mol. The summed E-state index contributed by atoms with van der Waals surface area (Å²) in [6.45, 7) is 0.615. The number of aromatic nitrogens is 5. The van der Waals surface area contributed by atoms with Gasteiger partial charge in [-0.3, -0.25) is 19.6 Å². The van der Waals surface area contributed by atoms with Crippen molar-refractivity contribution in [2.24, 2.45) is 0 Å². The molecule has 2 N–H and O–H groups in total. The van der Waals surface area contributed by atoms with Crippen LogP contribution in [-0.4, -0.2) is 30.9 Å². The van der Waals surface area contributed by atoms with Crippen molar-refractivity contribution in [1.29, 1.82) is 0 Å². The molecule has 1 amide bonds. The first-order valence-corrected chi connectivity index (χ1v) is 7.46. The lowest BCUT2D eigenvalue weighted by Crippen LogP contribution is -2.13. The van der Waals surface area contributed by atoms with Crippen molar-refractivity contribution < 1.29 is 4.79 Å². The number of carbonyl (C=O) groups is 1. The maximum absolute atomic E-state index is 12.4. The van der Waals surface area contributed by atoms with Crippen molar-refractivity contribution in [3.63, 3.8) is 0 Å². The number of anilines is 1. The van der Waals surface area contributed by atoms with E-state index in [1.807, 2.05) is 42.6 Å². The number of H-pyrrole nitrogens is 1. The molecule has 0 saturated carbocycles. The Morgan fingerprint density at radius 2 is 1.96 bits per heavy atom. The summed E-state index contributed by atoms with van der Waals surface area (Å²) in [6, 6.07) is 13.1. The Labute approximate surface area is 137 Å². The number of hydrogen-bond acceptors (Lipinski definition) is 4. The van der Waals surface area contributed by atoms with Gasteiger partial charge in [0.1, 0.15) is 0 Å². The highest BCUT2D eigenvalue weighted by molar-refractivity contribution is 6.10. The molecule has 0 aliphatic heterocycles. The summed E-state index contributed by atoms with van der Waals surface area (Å²) in [7, 11) is 0. The van der Waals surface area contributed by atoms with Gasteiger partial charge in [-0.05, 0) is 23.8 Å². The molecule has 0 fully saturated rings. The molecule has 0 unspecified atom stereocenters. The van der Waals surface area contributed by atoms with E-state index in [-0.39, 0.29) is 5.91 Å². The van der Waals surface area contributed by atoms with Crippen molar-refractivity contribution in [3.05, 3.63) is 72.3 Å². The number of hydrogen-bond donors (Lipinski definition) is 2. The fourth-order valence-corrected chi connectivity index (χ4v) is 2.50. The molecule has 0 atom stereocenters. The van der Waals surface area contributed by atoms with Crippen LogP contribution in [-0.2, 0) is 6.54 Å². The van der Waals surface area contributed by atoms with Crippen LogP contribution in [0.15, 0.2) is 61.1 Å². The van der Waals surface area contributed by atoms with Crippen molar-refractivity contribution in [2.75, 3.05) is 5.32 Å². The minimum absolute atomic E-state index is 0.290. The van der Waals surface area contributed by atoms with Gasteiger partial charge >= 0.3 is 0 Å². The van der Waals surface area contributed by atoms with Crippen LogP contribution < -0.4 is 5.32 Å². The van der Waals surface area contributed by atoms with Crippen LogP contribution in [0.3, 0.4) is 0 Å². The SMILES string of the molecule is O=C(Nc1ccn(Cc2ccncc2)n1)c1n[nH]c2ccccc12. The first kappa shape index (κ1) is 14.1. The molecule has 3 heterocycles. The third-order valence-corrected chi connectivity index (χ3v) is 3.66. The molecule has 0 spiro atoms. The molecule has 1 aromatic carbocycles. The van der Waals surface area contributed by atoms with Gasteiger partial charge in [-0.15, -0.1) is 0 Å². The lowest BCUT2D eigenvalue weighted by Gasteiger charge is -2.02. The Hall–Kier alpha value is -3.48. The fourth-order valence-electron chi connectivity index (χ4n) is 2.50. The number of benzene rings is 1. The summed E-state index contributed by atoms with van der Waals surface area (Å²) < 4.78 is 1.76. The van der Waals surface area contributed by atoms with Crippen LogP contribution in [0, 0.1) is 0 Å². The second-order valence-electron chi connectivity index (χ2n) is 5.33. The Kier molecular flexibility index (Phi) is 3.51. The number of amides is 1. The maximum Gasteiger partial charge on any atom is 0.277 e. The van der Waals surface area contributed by atoms with Crippen molar-refractivity contribution in [2.45, 2.75) is 6.54 Å². The third kappa shape index (κ3) is 2.74. The first-order chi connectivity index (χ1) is 11.8. The quantitative estimate of drug-likeness (QED) is 0.605.